The molecule has 1 amide bonds. The average Bonchev–Trinajstić information content (AvgIpc) is 2.43. The van der Waals surface area contributed by atoms with Crippen molar-refractivity contribution in [1.29, 1.82) is 0 Å². The minimum atomic E-state index is -0.0617. The molecule has 0 saturated carbocycles. The van der Waals surface area contributed by atoms with Gasteiger partial charge < -0.3 is 0 Å². The summed E-state index contributed by atoms with van der Waals surface area (Å²) in [5.41, 5.74) is 0. The summed E-state index contributed by atoms with van der Waals surface area (Å²) in [4.78, 5) is 20.8. The fourth-order valence-corrected chi connectivity index (χ4v) is 2.11. The average molecular weight is 264 g/mol. The zero-order chi connectivity index (χ0) is 11.0. The van der Waals surface area contributed by atoms with Crippen LogP contribution in [0.4, 0.5) is 5.95 Å². The van der Waals surface area contributed by atoms with Gasteiger partial charge in [-0.2, -0.15) is 12.6 Å². The molecule has 1 unspecified atom stereocenters. The molecule has 7 heteroatoms. The third kappa shape index (κ3) is 2.35. The fraction of sp³-hybridized carbons (Fsp3) is 0.375. The Morgan fingerprint density at radius 2 is 2.00 bits per heavy atom. The summed E-state index contributed by atoms with van der Waals surface area (Å²) in [6, 6.07) is 1.42. The van der Waals surface area contributed by atoms with Crippen molar-refractivity contribution in [2.75, 3.05) is 11.4 Å². The van der Waals surface area contributed by atoms with Gasteiger partial charge in [-0.05, 0) is 0 Å². The van der Waals surface area contributed by atoms with Crippen LogP contribution in [0, 0.1) is 0 Å². The molecule has 0 aromatic carbocycles. The number of aromatic nitrogens is 2. The van der Waals surface area contributed by atoms with Gasteiger partial charge in [-0.15, -0.1) is 0 Å². The summed E-state index contributed by atoms with van der Waals surface area (Å²) < 4.78 is 0. The van der Waals surface area contributed by atoms with Crippen molar-refractivity contribution in [2.24, 2.45) is 0 Å². The van der Waals surface area contributed by atoms with E-state index in [1.165, 1.54) is 11.0 Å². The Bertz CT molecular complexity index is 395. The Morgan fingerprint density at radius 1 is 1.40 bits per heavy atom. The molecule has 1 atom stereocenters. The third-order valence-electron chi connectivity index (χ3n) is 2.00. The van der Waals surface area contributed by atoms with Crippen LogP contribution >= 0.6 is 35.8 Å². The summed E-state index contributed by atoms with van der Waals surface area (Å²) in [5.74, 6) is 0.183. The van der Waals surface area contributed by atoms with Crippen molar-refractivity contribution in [2.45, 2.75) is 11.7 Å². The van der Waals surface area contributed by atoms with E-state index in [0.29, 0.717) is 13.0 Å². The first kappa shape index (κ1) is 11.0. The lowest BCUT2D eigenvalue weighted by molar-refractivity contribution is -0.117. The molecule has 0 aliphatic carbocycles. The van der Waals surface area contributed by atoms with Gasteiger partial charge >= 0.3 is 0 Å². The zero-order valence-electron chi connectivity index (χ0n) is 7.52. The molecule has 15 heavy (non-hydrogen) atoms. The van der Waals surface area contributed by atoms with Crippen molar-refractivity contribution in [3.8, 4) is 0 Å². The summed E-state index contributed by atoms with van der Waals surface area (Å²) in [6.45, 7) is 0.485. The number of thiol groups is 1. The molecule has 4 nitrogen and oxygen atoms in total. The largest absolute Gasteiger partial charge is 0.279 e. The highest BCUT2D eigenvalue weighted by atomic mass is 35.5. The number of rotatable bonds is 1. The monoisotopic (exact) mass is 263 g/mol. The molecule has 1 aliphatic heterocycles. The van der Waals surface area contributed by atoms with Crippen molar-refractivity contribution in [3.05, 3.63) is 16.4 Å². The summed E-state index contributed by atoms with van der Waals surface area (Å²) in [5, 5.41) is 0.458. The third-order valence-corrected chi connectivity index (χ3v) is 2.73. The van der Waals surface area contributed by atoms with E-state index in [2.05, 4.69) is 22.6 Å². The minimum Gasteiger partial charge on any atom is -0.279 e. The van der Waals surface area contributed by atoms with Crippen molar-refractivity contribution in [1.82, 2.24) is 9.97 Å². The van der Waals surface area contributed by atoms with E-state index in [0.717, 1.165) is 0 Å². The van der Waals surface area contributed by atoms with Gasteiger partial charge in [0.25, 0.3) is 0 Å². The van der Waals surface area contributed by atoms with E-state index < -0.39 is 0 Å². The van der Waals surface area contributed by atoms with Crippen LogP contribution < -0.4 is 4.90 Å². The number of halogens is 2. The maximum absolute atomic E-state index is 11.5. The molecular weight excluding hydrogens is 257 g/mol. The molecule has 0 spiro atoms. The predicted molar refractivity (Wildman–Crippen MR) is 61.8 cm³/mol. The lowest BCUT2D eigenvalue weighted by Gasteiger charge is -2.13. The number of amides is 1. The highest BCUT2D eigenvalue weighted by Crippen LogP contribution is 2.23. The number of hydrogen-bond acceptors (Lipinski definition) is 4. The molecule has 1 aromatic rings. The normalized spacial score (nSPS) is 21.1. The summed E-state index contributed by atoms with van der Waals surface area (Å²) in [7, 11) is 0. The first-order valence-electron chi connectivity index (χ1n) is 4.25. The lowest BCUT2D eigenvalue weighted by atomic mass is 10.4. The Labute approximate surface area is 102 Å². The zero-order valence-corrected chi connectivity index (χ0v) is 9.93. The van der Waals surface area contributed by atoms with Gasteiger partial charge in [-0.1, -0.05) is 23.2 Å². The van der Waals surface area contributed by atoms with E-state index in [1.807, 2.05) is 0 Å². The number of carbonyl (C=O) groups is 1. The van der Waals surface area contributed by atoms with Gasteiger partial charge in [-0.25, -0.2) is 9.97 Å². The molecule has 0 radical (unpaired) electrons. The van der Waals surface area contributed by atoms with E-state index in [1.54, 1.807) is 0 Å². The van der Waals surface area contributed by atoms with Gasteiger partial charge in [0, 0.05) is 24.3 Å². The Balaban J connectivity index is 2.33. The Hall–Kier alpha value is -0.520. The quantitative estimate of drug-likeness (QED) is 0.621. The smallest absolute Gasteiger partial charge is 0.235 e. The molecule has 80 valence electrons. The van der Waals surface area contributed by atoms with Crippen LogP contribution in [-0.4, -0.2) is 27.7 Å². The maximum atomic E-state index is 11.5. The van der Waals surface area contributed by atoms with E-state index in [-0.39, 0.29) is 27.4 Å². The van der Waals surface area contributed by atoms with E-state index in [9.17, 15) is 4.79 Å². The molecule has 2 rings (SSSR count). The molecule has 1 saturated heterocycles. The van der Waals surface area contributed by atoms with Crippen LogP contribution in [0.15, 0.2) is 6.07 Å². The standard InChI is InChI=1S/C8H7Cl2N3OS/c9-5-2-6(10)12-8(11-5)13-3-4(15)1-7(13)14/h2,4,15H,1,3H2. The van der Waals surface area contributed by atoms with Crippen LogP contribution in [0.25, 0.3) is 0 Å². The van der Waals surface area contributed by atoms with Gasteiger partial charge in [0.2, 0.25) is 11.9 Å². The van der Waals surface area contributed by atoms with Crippen molar-refractivity contribution < 1.29 is 4.79 Å². The van der Waals surface area contributed by atoms with Crippen molar-refractivity contribution >= 4 is 47.7 Å². The van der Waals surface area contributed by atoms with Gasteiger partial charge in [0.15, 0.2) is 0 Å². The topological polar surface area (TPSA) is 46.1 Å². The van der Waals surface area contributed by atoms with Gasteiger partial charge in [-0.3, -0.25) is 9.69 Å². The van der Waals surface area contributed by atoms with Crippen LogP contribution in [0.5, 0.6) is 0 Å². The van der Waals surface area contributed by atoms with E-state index >= 15 is 0 Å². The van der Waals surface area contributed by atoms with Crippen molar-refractivity contribution in [3.63, 3.8) is 0 Å². The molecule has 2 heterocycles. The second-order valence-electron chi connectivity index (χ2n) is 3.18. The van der Waals surface area contributed by atoms with Gasteiger partial charge in [0.05, 0.1) is 0 Å². The predicted octanol–water partition coefficient (Wildman–Crippen LogP) is 1.82. The molecule has 1 fully saturated rings. The van der Waals surface area contributed by atoms with E-state index in [4.69, 9.17) is 23.2 Å². The SMILES string of the molecule is O=C1CC(S)CN1c1nc(Cl)cc(Cl)n1. The first-order chi connectivity index (χ1) is 7.06. The number of nitrogens with zero attached hydrogens (tertiary/aromatic N) is 3. The molecule has 1 aliphatic rings. The maximum Gasteiger partial charge on any atom is 0.235 e. The fourth-order valence-electron chi connectivity index (χ4n) is 1.38. The second kappa shape index (κ2) is 4.15. The van der Waals surface area contributed by atoms with Crippen LogP contribution in [-0.2, 0) is 4.79 Å². The van der Waals surface area contributed by atoms with Crippen LogP contribution in [0.3, 0.4) is 0 Å². The van der Waals surface area contributed by atoms with Crippen LogP contribution in [0.1, 0.15) is 6.42 Å². The second-order valence-corrected chi connectivity index (χ2v) is 4.68. The highest BCUT2D eigenvalue weighted by Gasteiger charge is 2.30. The van der Waals surface area contributed by atoms with Crippen LogP contribution in [0.2, 0.25) is 10.3 Å². The number of hydrogen-bond donors (Lipinski definition) is 1. The highest BCUT2D eigenvalue weighted by molar-refractivity contribution is 7.81. The number of anilines is 1. The lowest BCUT2D eigenvalue weighted by Crippen LogP contribution is -2.26. The first-order valence-corrected chi connectivity index (χ1v) is 5.52. The summed E-state index contributed by atoms with van der Waals surface area (Å²) >= 11 is 15.7. The molecule has 0 N–H and O–H groups in total. The summed E-state index contributed by atoms with van der Waals surface area (Å²) in [6.07, 6.45) is 0.386. The van der Waals surface area contributed by atoms with Gasteiger partial charge in [0.1, 0.15) is 10.3 Å². The Morgan fingerprint density at radius 3 is 2.47 bits per heavy atom. The molecule has 1 aromatic heterocycles. The number of carbonyl (C=O) groups excluding carboxylic acids is 1. The molecular formula is C8H7Cl2N3OS. The molecule has 0 bridgehead atoms. The Kier molecular flexibility index (Phi) is 3.04. The minimum absolute atomic E-state index is 0.0128.